The third-order valence-electron chi connectivity index (χ3n) is 3.13. The lowest BCUT2D eigenvalue weighted by atomic mass is 10.0. The summed E-state index contributed by atoms with van der Waals surface area (Å²) in [7, 11) is 5.73. The van der Waals surface area contributed by atoms with E-state index in [1.54, 1.807) is 7.11 Å². The van der Waals surface area contributed by atoms with E-state index in [4.69, 9.17) is 4.74 Å². The lowest BCUT2D eigenvalue weighted by Gasteiger charge is -2.20. The first-order valence-electron chi connectivity index (χ1n) is 5.87. The summed E-state index contributed by atoms with van der Waals surface area (Å²) in [5.41, 5.74) is 2.27. The normalized spacial score (nSPS) is 14.9. The molecule has 1 rings (SSSR count). The highest BCUT2D eigenvalue weighted by molar-refractivity contribution is 9.10. The minimum Gasteiger partial charge on any atom is -0.382 e. The molecule has 2 atom stereocenters. The number of likely N-dealkylation sites (N-methyl/N-ethyl adjacent to an activating group) is 1. The molecule has 0 saturated heterocycles. The molecule has 1 heterocycles. The summed E-state index contributed by atoms with van der Waals surface area (Å²) in [5.74, 6) is 0. The Hall–Kier alpha value is -0.390. The fraction of sp³-hybridized carbons (Fsp3) is 0.750. The van der Waals surface area contributed by atoms with Gasteiger partial charge in [-0.3, -0.25) is 4.68 Å². The second-order valence-corrected chi connectivity index (χ2v) is 5.23. The molecule has 1 aromatic heterocycles. The SMILES string of the molecule is CNC(Cc1c(Br)c(C)nn1C)CC(C)OC. The first-order chi connectivity index (χ1) is 7.99. The van der Waals surface area contributed by atoms with Gasteiger partial charge in [-0.05, 0) is 43.2 Å². The smallest absolute Gasteiger partial charge is 0.0738 e. The molecule has 4 nitrogen and oxygen atoms in total. The quantitative estimate of drug-likeness (QED) is 0.874. The minimum atomic E-state index is 0.264. The Morgan fingerprint density at radius 3 is 2.59 bits per heavy atom. The van der Waals surface area contributed by atoms with Crippen molar-refractivity contribution in [3.05, 3.63) is 15.9 Å². The van der Waals surface area contributed by atoms with Crippen molar-refractivity contribution in [2.45, 2.75) is 38.8 Å². The summed E-state index contributed by atoms with van der Waals surface area (Å²) < 4.78 is 8.37. The molecule has 0 aliphatic carbocycles. The number of aromatic nitrogens is 2. The van der Waals surface area contributed by atoms with Crippen molar-refractivity contribution in [3.8, 4) is 0 Å². The fourth-order valence-electron chi connectivity index (χ4n) is 1.94. The molecule has 98 valence electrons. The molecule has 1 aromatic rings. The minimum absolute atomic E-state index is 0.264. The third-order valence-corrected chi connectivity index (χ3v) is 4.16. The van der Waals surface area contributed by atoms with E-state index in [1.165, 1.54) is 5.69 Å². The van der Waals surface area contributed by atoms with Gasteiger partial charge in [-0.15, -0.1) is 0 Å². The molecule has 2 unspecified atom stereocenters. The van der Waals surface area contributed by atoms with E-state index in [2.05, 4.69) is 33.3 Å². The van der Waals surface area contributed by atoms with Crippen LogP contribution in [0.3, 0.4) is 0 Å². The predicted molar refractivity (Wildman–Crippen MR) is 73.3 cm³/mol. The van der Waals surface area contributed by atoms with Crippen LogP contribution in [0.4, 0.5) is 0 Å². The first-order valence-corrected chi connectivity index (χ1v) is 6.66. The summed E-state index contributed by atoms with van der Waals surface area (Å²) >= 11 is 3.60. The third kappa shape index (κ3) is 3.79. The first kappa shape index (κ1) is 14.7. The second-order valence-electron chi connectivity index (χ2n) is 4.44. The number of rotatable bonds is 6. The standard InChI is InChI=1S/C12H22BrN3O/c1-8(17-5)6-10(14-3)7-11-12(13)9(2)15-16(11)4/h8,10,14H,6-7H2,1-5H3. The topological polar surface area (TPSA) is 39.1 Å². The Morgan fingerprint density at radius 1 is 1.53 bits per heavy atom. The highest BCUT2D eigenvalue weighted by Gasteiger charge is 2.17. The van der Waals surface area contributed by atoms with E-state index >= 15 is 0 Å². The van der Waals surface area contributed by atoms with Crippen molar-refractivity contribution in [2.24, 2.45) is 7.05 Å². The van der Waals surface area contributed by atoms with Crippen LogP contribution in [-0.4, -0.2) is 36.1 Å². The Morgan fingerprint density at radius 2 is 2.18 bits per heavy atom. The molecule has 1 N–H and O–H groups in total. The van der Waals surface area contributed by atoms with Crippen molar-refractivity contribution in [1.29, 1.82) is 0 Å². The highest BCUT2D eigenvalue weighted by atomic mass is 79.9. The van der Waals surface area contributed by atoms with Crippen LogP contribution < -0.4 is 5.32 Å². The summed E-state index contributed by atoms with van der Waals surface area (Å²) in [5, 5.41) is 7.75. The van der Waals surface area contributed by atoms with Crippen molar-refractivity contribution in [3.63, 3.8) is 0 Å². The molecule has 5 heteroatoms. The second kappa shape index (κ2) is 6.52. The zero-order valence-electron chi connectivity index (χ0n) is 11.2. The van der Waals surface area contributed by atoms with Gasteiger partial charge in [0.1, 0.15) is 0 Å². The van der Waals surface area contributed by atoms with Crippen LogP contribution in [0.1, 0.15) is 24.7 Å². The van der Waals surface area contributed by atoms with E-state index in [9.17, 15) is 0 Å². The fourth-order valence-corrected chi connectivity index (χ4v) is 2.43. The van der Waals surface area contributed by atoms with Gasteiger partial charge in [0.2, 0.25) is 0 Å². The molecule has 0 saturated carbocycles. The average molecular weight is 304 g/mol. The molecule has 0 aliphatic heterocycles. The van der Waals surface area contributed by atoms with E-state index in [1.807, 2.05) is 25.7 Å². The van der Waals surface area contributed by atoms with Gasteiger partial charge in [0.05, 0.1) is 22.0 Å². The van der Waals surface area contributed by atoms with Crippen LogP contribution in [0.2, 0.25) is 0 Å². The largest absolute Gasteiger partial charge is 0.382 e. The lowest BCUT2D eigenvalue weighted by molar-refractivity contribution is 0.101. The van der Waals surface area contributed by atoms with Crippen LogP contribution in [0, 0.1) is 6.92 Å². The van der Waals surface area contributed by atoms with Crippen molar-refractivity contribution >= 4 is 15.9 Å². The van der Waals surface area contributed by atoms with Gasteiger partial charge in [-0.2, -0.15) is 5.10 Å². The number of nitrogens with one attached hydrogen (secondary N) is 1. The van der Waals surface area contributed by atoms with E-state index < -0.39 is 0 Å². The number of hydrogen-bond acceptors (Lipinski definition) is 3. The van der Waals surface area contributed by atoms with Gasteiger partial charge >= 0.3 is 0 Å². The van der Waals surface area contributed by atoms with Crippen LogP contribution in [0.5, 0.6) is 0 Å². The molecular weight excluding hydrogens is 282 g/mol. The zero-order chi connectivity index (χ0) is 13.0. The maximum atomic E-state index is 5.31. The van der Waals surface area contributed by atoms with E-state index in [0.717, 1.165) is 23.0 Å². The Kier molecular flexibility index (Phi) is 5.62. The van der Waals surface area contributed by atoms with Gasteiger partial charge in [0.25, 0.3) is 0 Å². The van der Waals surface area contributed by atoms with E-state index in [-0.39, 0.29) is 6.10 Å². The molecule has 0 aliphatic rings. The summed E-state index contributed by atoms with van der Waals surface area (Å²) in [6.45, 7) is 4.10. The van der Waals surface area contributed by atoms with Gasteiger partial charge < -0.3 is 10.1 Å². The number of ether oxygens (including phenoxy) is 1. The van der Waals surface area contributed by atoms with Gasteiger partial charge in [-0.25, -0.2) is 0 Å². The van der Waals surface area contributed by atoms with Gasteiger partial charge in [0, 0.05) is 26.6 Å². The maximum absolute atomic E-state index is 5.31. The van der Waals surface area contributed by atoms with Gasteiger partial charge in [-0.1, -0.05) is 0 Å². The highest BCUT2D eigenvalue weighted by Crippen LogP contribution is 2.22. The van der Waals surface area contributed by atoms with Crippen molar-refractivity contribution in [1.82, 2.24) is 15.1 Å². The maximum Gasteiger partial charge on any atom is 0.0738 e. The Bertz CT molecular complexity index is 365. The molecule has 0 fully saturated rings. The number of methoxy groups -OCH3 is 1. The van der Waals surface area contributed by atoms with Crippen LogP contribution in [-0.2, 0) is 18.2 Å². The van der Waals surface area contributed by atoms with Crippen LogP contribution >= 0.6 is 15.9 Å². The van der Waals surface area contributed by atoms with Crippen LogP contribution in [0.25, 0.3) is 0 Å². The monoisotopic (exact) mass is 303 g/mol. The lowest BCUT2D eigenvalue weighted by Crippen LogP contribution is -2.32. The predicted octanol–water partition coefficient (Wildman–Crippen LogP) is 2.05. The molecule has 0 aromatic carbocycles. The molecule has 0 bridgehead atoms. The number of aryl methyl sites for hydroxylation is 2. The van der Waals surface area contributed by atoms with Crippen LogP contribution in [0.15, 0.2) is 4.47 Å². The van der Waals surface area contributed by atoms with E-state index in [0.29, 0.717) is 6.04 Å². The summed E-state index contributed by atoms with van der Waals surface area (Å²) in [4.78, 5) is 0. The number of halogens is 1. The Balaban J connectivity index is 2.73. The number of hydrogen-bond donors (Lipinski definition) is 1. The molecule has 0 amide bonds. The molecule has 0 spiro atoms. The summed E-state index contributed by atoms with van der Waals surface area (Å²) in [6, 6.07) is 0.399. The average Bonchev–Trinajstić information content (AvgIpc) is 2.54. The summed E-state index contributed by atoms with van der Waals surface area (Å²) in [6.07, 6.45) is 2.20. The molecular formula is C12H22BrN3O. The zero-order valence-corrected chi connectivity index (χ0v) is 12.8. The van der Waals surface area contributed by atoms with Gasteiger partial charge in [0.15, 0.2) is 0 Å². The van der Waals surface area contributed by atoms with Crippen molar-refractivity contribution in [2.75, 3.05) is 14.2 Å². The number of nitrogens with zero attached hydrogens (tertiary/aromatic N) is 2. The Labute approximate surface area is 112 Å². The molecule has 17 heavy (non-hydrogen) atoms. The van der Waals surface area contributed by atoms with Crippen molar-refractivity contribution < 1.29 is 4.74 Å². The molecule has 0 radical (unpaired) electrons.